The van der Waals surface area contributed by atoms with Crippen molar-refractivity contribution < 1.29 is 4.74 Å². The highest BCUT2D eigenvalue weighted by Crippen LogP contribution is 2.24. The van der Waals surface area contributed by atoms with Crippen LogP contribution in [0.25, 0.3) is 0 Å². The van der Waals surface area contributed by atoms with Crippen LogP contribution in [0.4, 0.5) is 0 Å². The van der Waals surface area contributed by atoms with Crippen LogP contribution in [0.1, 0.15) is 32.3 Å². The van der Waals surface area contributed by atoms with Gasteiger partial charge in [-0.15, -0.1) is 0 Å². The summed E-state index contributed by atoms with van der Waals surface area (Å²) in [6.07, 6.45) is 3.28. The number of benzene rings is 1. The third-order valence-corrected chi connectivity index (χ3v) is 3.22. The van der Waals surface area contributed by atoms with Gasteiger partial charge < -0.3 is 4.74 Å². The molecule has 1 unspecified atom stereocenters. The standard InChI is InChI=1S/C15H20N2O/c1-3-12-6-4-5-7-14(12)18-11-15(2,10-16)17-13-8-9-13/h4-7,13,17H,3,8-9,11H2,1-2H3. The molecule has 0 radical (unpaired) electrons. The van der Waals surface area contributed by atoms with Gasteiger partial charge >= 0.3 is 0 Å². The largest absolute Gasteiger partial charge is 0.490 e. The van der Waals surface area contributed by atoms with Gasteiger partial charge in [-0.25, -0.2) is 0 Å². The predicted molar refractivity (Wildman–Crippen MR) is 71.5 cm³/mol. The molecule has 1 aromatic carbocycles. The molecule has 0 aromatic heterocycles. The van der Waals surface area contributed by atoms with Crippen LogP contribution in [-0.4, -0.2) is 18.2 Å². The number of hydrogen-bond acceptors (Lipinski definition) is 3. The first kappa shape index (κ1) is 12.9. The normalized spacial score (nSPS) is 17.8. The Hall–Kier alpha value is -1.53. The topological polar surface area (TPSA) is 45.0 Å². The van der Waals surface area contributed by atoms with Gasteiger partial charge in [0, 0.05) is 6.04 Å². The molecule has 0 saturated heterocycles. The Kier molecular flexibility index (Phi) is 3.88. The molecule has 1 saturated carbocycles. The van der Waals surface area contributed by atoms with E-state index < -0.39 is 5.54 Å². The van der Waals surface area contributed by atoms with Crippen molar-refractivity contribution in [3.05, 3.63) is 29.8 Å². The molecule has 3 nitrogen and oxygen atoms in total. The van der Waals surface area contributed by atoms with Crippen molar-refractivity contribution in [1.82, 2.24) is 5.32 Å². The van der Waals surface area contributed by atoms with E-state index >= 15 is 0 Å². The Morgan fingerprint density at radius 1 is 1.44 bits per heavy atom. The van der Waals surface area contributed by atoms with Crippen molar-refractivity contribution in [1.29, 1.82) is 5.26 Å². The molecule has 1 aromatic rings. The fourth-order valence-corrected chi connectivity index (χ4v) is 1.94. The third-order valence-electron chi connectivity index (χ3n) is 3.22. The van der Waals surface area contributed by atoms with E-state index in [2.05, 4.69) is 24.4 Å². The minimum absolute atomic E-state index is 0.386. The lowest BCUT2D eigenvalue weighted by atomic mass is 10.1. The summed E-state index contributed by atoms with van der Waals surface area (Å²) in [5, 5.41) is 12.6. The SMILES string of the molecule is CCc1ccccc1OCC(C)(C#N)NC1CC1. The molecule has 96 valence electrons. The van der Waals surface area contributed by atoms with E-state index in [1.807, 2.05) is 25.1 Å². The molecule has 0 spiro atoms. The summed E-state index contributed by atoms with van der Waals surface area (Å²) in [4.78, 5) is 0. The fourth-order valence-electron chi connectivity index (χ4n) is 1.94. The lowest BCUT2D eigenvalue weighted by molar-refractivity contribution is 0.231. The number of nitrogens with zero attached hydrogens (tertiary/aromatic N) is 1. The van der Waals surface area contributed by atoms with E-state index in [4.69, 9.17) is 4.74 Å². The lowest BCUT2D eigenvalue weighted by Gasteiger charge is -2.24. The molecule has 3 heteroatoms. The molecule has 0 amide bonds. The number of nitrogens with one attached hydrogen (secondary N) is 1. The minimum atomic E-state index is -0.595. The third kappa shape index (κ3) is 3.24. The molecule has 2 rings (SSSR count). The van der Waals surface area contributed by atoms with Crippen LogP contribution in [0.15, 0.2) is 24.3 Å². The van der Waals surface area contributed by atoms with Gasteiger partial charge in [0.2, 0.25) is 0 Å². The molecule has 18 heavy (non-hydrogen) atoms. The van der Waals surface area contributed by atoms with Crippen molar-refractivity contribution >= 4 is 0 Å². The van der Waals surface area contributed by atoms with Crippen LogP contribution in [0.3, 0.4) is 0 Å². The van der Waals surface area contributed by atoms with Crippen molar-refractivity contribution in [2.75, 3.05) is 6.61 Å². The van der Waals surface area contributed by atoms with E-state index in [0.29, 0.717) is 12.6 Å². The van der Waals surface area contributed by atoms with Crippen molar-refractivity contribution in [3.63, 3.8) is 0 Å². The van der Waals surface area contributed by atoms with Crippen LogP contribution in [-0.2, 0) is 6.42 Å². The number of aryl methyl sites for hydroxylation is 1. The zero-order valence-corrected chi connectivity index (χ0v) is 11.1. The Bertz CT molecular complexity index is 448. The number of para-hydroxylation sites is 1. The zero-order chi connectivity index (χ0) is 13.0. The second kappa shape index (κ2) is 5.41. The van der Waals surface area contributed by atoms with Gasteiger partial charge in [-0.2, -0.15) is 5.26 Å². The number of rotatable bonds is 6. The molecule has 1 N–H and O–H groups in total. The zero-order valence-electron chi connectivity index (χ0n) is 11.1. The maximum absolute atomic E-state index is 9.27. The molecular weight excluding hydrogens is 224 g/mol. The molecule has 1 aliphatic rings. The summed E-state index contributed by atoms with van der Waals surface area (Å²) >= 11 is 0. The fraction of sp³-hybridized carbons (Fsp3) is 0.533. The van der Waals surface area contributed by atoms with Gasteiger partial charge in [0.25, 0.3) is 0 Å². The number of nitriles is 1. The summed E-state index contributed by atoms with van der Waals surface area (Å²) in [6.45, 7) is 4.39. The average molecular weight is 244 g/mol. The van der Waals surface area contributed by atoms with Gasteiger partial charge in [0.1, 0.15) is 17.9 Å². The first-order valence-corrected chi connectivity index (χ1v) is 6.56. The quantitative estimate of drug-likeness (QED) is 0.836. The smallest absolute Gasteiger partial charge is 0.138 e. The van der Waals surface area contributed by atoms with Gasteiger partial charge in [0.15, 0.2) is 0 Å². The highest BCUT2D eigenvalue weighted by atomic mass is 16.5. The number of ether oxygens (including phenoxy) is 1. The minimum Gasteiger partial charge on any atom is -0.490 e. The Balaban J connectivity index is 1.98. The molecule has 1 atom stereocenters. The summed E-state index contributed by atoms with van der Waals surface area (Å²) < 4.78 is 5.83. The van der Waals surface area contributed by atoms with E-state index in [-0.39, 0.29) is 0 Å². The van der Waals surface area contributed by atoms with Crippen molar-refractivity contribution in [2.24, 2.45) is 0 Å². The lowest BCUT2D eigenvalue weighted by Crippen LogP contribution is -2.47. The second-order valence-corrected chi connectivity index (χ2v) is 5.11. The van der Waals surface area contributed by atoms with Gasteiger partial charge in [-0.3, -0.25) is 5.32 Å². The van der Waals surface area contributed by atoms with Crippen molar-refractivity contribution in [2.45, 2.75) is 44.7 Å². The molecule has 0 aliphatic heterocycles. The summed E-state index contributed by atoms with van der Waals surface area (Å²) in [7, 11) is 0. The predicted octanol–water partition coefficient (Wildman–Crippen LogP) is 2.66. The Labute approximate surface area is 109 Å². The van der Waals surface area contributed by atoms with Gasteiger partial charge in [0.05, 0.1) is 6.07 Å². The molecule has 0 heterocycles. The van der Waals surface area contributed by atoms with Crippen LogP contribution >= 0.6 is 0 Å². The Morgan fingerprint density at radius 3 is 2.78 bits per heavy atom. The maximum Gasteiger partial charge on any atom is 0.138 e. The highest BCUT2D eigenvalue weighted by Gasteiger charge is 2.33. The van der Waals surface area contributed by atoms with E-state index in [9.17, 15) is 5.26 Å². The van der Waals surface area contributed by atoms with E-state index in [0.717, 1.165) is 12.2 Å². The van der Waals surface area contributed by atoms with Crippen LogP contribution in [0.5, 0.6) is 5.75 Å². The molecule has 1 fully saturated rings. The van der Waals surface area contributed by atoms with Crippen LogP contribution in [0, 0.1) is 11.3 Å². The van der Waals surface area contributed by atoms with Crippen molar-refractivity contribution in [3.8, 4) is 11.8 Å². The highest BCUT2D eigenvalue weighted by molar-refractivity contribution is 5.33. The van der Waals surface area contributed by atoms with E-state index in [1.165, 1.54) is 18.4 Å². The Morgan fingerprint density at radius 2 is 2.17 bits per heavy atom. The maximum atomic E-state index is 9.27. The van der Waals surface area contributed by atoms with Gasteiger partial charge in [-0.05, 0) is 37.8 Å². The molecule has 0 bridgehead atoms. The molecular formula is C15H20N2O. The summed E-state index contributed by atoms with van der Waals surface area (Å²) in [5.74, 6) is 0.888. The monoisotopic (exact) mass is 244 g/mol. The molecule has 1 aliphatic carbocycles. The average Bonchev–Trinajstić information content (AvgIpc) is 3.20. The first-order valence-electron chi connectivity index (χ1n) is 6.56. The summed E-state index contributed by atoms with van der Waals surface area (Å²) in [5.41, 5.74) is 0.589. The first-order chi connectivity index (χ1) is 8.67. The van der Waals surface area contributed by atoms with Crippen LogP contribution in [0.2, 0.25) is 0 Å². The van der Waals surface area contributed by atoms with Crippen LogP contribution < -0.4 is 10.1 Å². The summed E-state index contributed by atoms with van der Waals surface area (Å²) in [6, 6.07) is 10.8. The number of hydrogen-bond donors (Lipinski definition) is 1. The second-order valence-electron chi connectivity index (χ2n) is 5.11. The van der Waals surface area contributed by atoms with E-state index in [1.54, 1.807) is 0 Å². The van der Waals surface area contributed by atoms with Gasteiger partial charge in [-0.1, -0.05) is 25.1 Å².